The summed E-state index contributed by atoms with van der Waals surface area (Å²) < 4.78 is 59.9. The first-order chi connectivity index (χ1) is 11.3. The molecule has 2 aromatic carbocycles. The zero-order chi connectivity index (χ0) is 17.5. The third-order valence-electron chi connectivity index (χ3n) is 3.89. The lowest BCUT2D eigenvalue weighted by Gasteiger charge is -2.29. The molecule has 1 aliphatic heterocycles. The van der Waals surface area contributed by atoms with Gasteiger partial charge in [-0.2, -0.15) is 13.2 Å². The average Bonchev–Trinajstić information content (AvgIpc) is 2.53. The zero-order valence-electron chi connectivity index (χ0n) is 12.9. The summed E-state index contributed by atoms with van der Waals surface area (Å²) in [6.07, 6.45) is -4.95. The summed E-state index contributed by atoms with van der Waals surface area (Å²) in [6, 6.07) is 6.19. The van der Waals surface area contributed by atoms with Gasteiger partial charge in [-0.05, 0) is 24.6 Å². The number of nitrogens with two attached hydrogens (primary N) is 1. The normalized spacial score (nSPS) is 17.0. The van der Waals surface area contributed by atoms with Crippen LogP contribution in [0, 0.1) is 12.7 Å². The van der Waals surface area contributed by atoms with E-state index in [1.807, 2.05) is 0 Å². The number of halogens is 4. The largest absolute Gasteiger partial charge is 0.484 e. The standard InChI is InChI=1S/C17H16F4N2O/c1-9-2-3-12(14(4-9)17(19,20)21)13-5-10(18)6-15-16(13)24-11(7-22)8-23-15/h2-6,11,23H,7-8,22H2,1H3/t11-/m0/s1. The van der Waals surface area contributed by atoms with Gasteiger partial charge in [-0.3, -0.25) is 0 Å². The lowest BCUT2D eigenvalue weighted by Crippen LogP contribution is -2.37. The maximum absolute atomic E-state index is 13.9. The number of anilines is 1. The first kappa shape index (κ1) is 16.6. The minimum absolute atomic E-state index is 0.0583. The molecule has 3 rings (SSSR count). The van der Waals surface area contributed by atoms with Crippen molar-refractivity contribution >= 4 is 5.69 Å². The Morgan fingerprint density at radius 2 is 1.96 bits per heavy atom. The van der Waals surface area contributed by atoms with Gasteiger partial charge in [-0.25, -0.2) is 4.39 Å². The molecule has 1 heterocycles. The summed E-state index contributed by atoms with van der Waals surface area (Å²) in [7, 11) is 0. The van der Waals surface area contributed by atoms with Gasteiger partial charge in [-0.15, -0.1) is 0 Å². The molecule has 0 spiro atoms. The van der Waals surface area contributed by atoms with Crippen molar-refractivity contribution in [3.05, 3.63) is 47.3 Å². The number of aryl methyl sites for hydroxylation is 1. The monoisotopic (exact) mass is 340 g/mol. The smallest absolute Gasteiger partial charge is 0.417 e. The van der Waals surface area contributed by atoms with Crippen LogP contribution < -0.4 is 15.8 Å². The third kappa shape index (κ3) is 3.03. The molecule has 128 valence electrons. The Morgan fingerprint density at radius 3 is 2.62 bits per heavy atom. The van der Waals surface area contributed by atoms with Crippen molar-refractivity contribution < 1.29 is 22.3 Å². The molecule has 0 aliphatic carbocycles. The predicted molar refractivity (Wildman–Crippen MR) is 83.5 cm³/mol. The fourth-order valence-electron chi connectivity index (χ4n) is 2.74. The Balaban J connectivity index is 2.23. The predicted octanol–water partition coefficient (Wildman–Crippen LogP) is 3.95. The van der Waals surface area contributed by atoms with Crippen LogP contribution in [0.3, 0.4) is 0 Å². The van der Waals surface area contributed by atoms with Crippen LogP contribution in [0.2, 0.25) is 0 Å². The van der Waals surface area contributed by atoms with Crippen LogP contribution in [-0.2, 0) is 6.18 Å². The van der Waals surface area contributed by atoms with Crippen molar-refractivity contribution in [2.75, 3.05) is 18.4 Å². The maximum atomic E-state index is 13.9. The second-order valence-corrected chi connectivity index (χ2v) is 5.73. The molecule has 1 aliphatic rings. The maximum Gasteiger partial charge on any atom is 0.417 e. The van der Waals surface area contributed by atoms with Gasteiger partial charge in [0.15, 0.2) is 5.75 Å². The average molecular weight is 340 g/mol. The minimum atomic E-state index is -4.56. The molecule has 3 N–H and O–H groups in total. The SMILES string of the molecule is Cc1ccc(-c2cc(F)cc3c2O[C@@H](CN)CN3)c(C(F)(F)F)c1. The van der Waals surface area contributed by atoms with E-state index in [-0.39, 0.29) is 29.5 Å². The highest BCUT2D eigenvalue weighted by atomic mass is 19.4. The second kappa shape index (κ2) is 5.98. The van der Waals surface area contributed by atoms with Crippen LogP contribution in [0.15, 0.2) is 30.3 Å². The highest BCUT2D eigenvalue weighted by molar-refractivity contribution is 5.81. The molecule has 0 bridgehead atoms. The molecular formula is C17H16F4N2O. The second-order valence-electron chi connectivity index (χ2n) is 5.73. The Kier molecular flexibility index (Phi) is 4.13. The summed E-state index contributed by atoms with van der Waals surface area (Å²) in [5.74, 6) is -0.452. The Bertz CT molecular complexity index is 774. The number of hydrogen-bond donors (Lipinski definition) is 2. The first-order valence-electron chi connectivity index (χ1n) is 7.42. The lowest BCUT2D eigenvalue weighted by atomic mass is 9.95. The van der Waals surface area contributed by atoms with Gasteiger partial charge in [0.1, 0.15) is 11.9 Å². The number of ether oxygens (including phenoxy) is 1. The van der Waals surface area contributed by atoms with E-state index in [4.69, 9.17) is 10.5 Å². The van der Waals surface area contributed by atoms with Crippen LogP contribution in [0.25, 0.3) is 11.1 Å². The highest BCUT2D eigenvalue weighted by Gasteiger charge is 2.35. The van der Waals surface area contributed by atoms with Gasteiger partial charge in [0.2, 0.25) is 0 Å². The molecule has 3 nitrogen and oxygen atoms in total. The number of nitrogens with one attached hydrogen (secondary N) is 1. The molecule has 24 heavy (non-hydrogen) atoms. The summed E-state index contributed by atoms with van der Waals surface area (Å²) in [6.45, 7) is 2.14. The fraction of sp³-hybridized carbons (Fsp3) is 0.294. The molecule has 0 aromatic heterocycles. The van der Waals surface area contributed by atoms with Gasteiger partial charge >= 0.3 is 6.18 Å². The van der Waals surface area contributed by atoms with E-state index < -0.39 is 17.6 Å². The topological polar surface area (TPSA) is 47.3 Å². The van der Waals surface area contributed by atoms with E-state index in [0.717, 1.165) is 12.1 Å². The molecule has 0 saturated heterocycles. The van der Waals surface area contributed by atoms with Crippen LogP contribution in [0.5, 0.6) is 5.75 Å². The Hall–Kier alpha value is -2.28. The van der Waals surface area contributed by atoms with E-state index >= 15 is 0 Å². The number of benzene rings is 2. The van der Waals surface area contributed by atoms with Crippen molar-refractivity contribution in [2.45, 2.75) is 19.2 Å². The van der Waals surface area contributed by atoms with Crippen LogP contribution in [0.1, 0.15) is 11.1 Å². The van der Waals surface area contributed by atoms with Crippen molar-refractivity contribution in [2.24, 2.45) is 5.73 Å². The Morgan fingerprint density at radius 1 is 1.21 bits per heavy atom. The fourth-order valence-corrected chi connectivity index (χ4v) is 2.74. The zero-order valence-corrected chi connectivity index (χ0v) is 12.9. The van der Waals surface area contributed by atoms with Crippen molar-refractivity contribution in [1.82, 2.24) is 0 Å². The van der Waals surface area contributed by atoms with Gasteiger partial charge < -0.3 is 15.8 Å². The molecule has 0 amide bonds. The lowest BCUT2D eigenvalue weighted by molar-refractivity contribution is -0.137. The van der Waals surface area contributed by atoms with Crippen LogP contribution in [-0.4, -0.2) is 19.2 Å². The van der Waals surface area contributed by atoms with Crippen molar-refractivity contribution in [3.8, 4) is 16.9 Å². The number of hydrogen-bond acceptors (Lipinski definition) is 3. The van der Waals surface area contributed by atoms with Crippen LogP contribution >= 0.6 is 0 Å². The van der Waals surface area contributed by atoms with Gasteiger partial charge in [0.25, 0.3) is 0 Å². The van der Waals surface area contributed by atoms with Crippen LogP contribution in [0.4, 0.5) is 23.2 Å². The number of rotatable bonds is 2. The third-order valence-corrected chi connectivity index (χ3v) is 3.89. The number of fused-ring (bicyclic) bond motifs is 1. The van der Waals surface area contributed by atoms with E-state index in [0.29, 0.717) is 17.8 Å². The molecule has 0 radical (unpaired) electrons. The molecule has 0 unspecified atom stereocenters. The minimum Gasteiger partial charge on any atom is -0.484 e. The quantitative estimate of drug-likeness (QED) is 0.814. The summed E-state index contributed by atoms with van der Waals surface area (Å²) in [5, 5.41) is 2.96. The molecule has 0 fully saturated rings. The Labute approximate surface area is 136 Å². The van der Waals surface area contributed by atoms with E-state index in [1.54, 1.807) is 13.0 Å². The van der Waals surface area contributed by atoms with E-state index in [9.17, 15) is 17.6 Å². The molecule has 1 atom stereocenters. The molecule has 7 heteroatoms. The first-order valence-corrected chi connectivity index (χ1v) is 7.42. The van der Waals surface area contributed by atoms with Gasteiger partial charge in [0, 0.05) is 18.2 Å². The van der Waals surface area contributed by atoms with Gasteiger partial charge in [0.05, 0.1) is 17.8 Å². The summed E-state index contributed by atoms with van der Waals surface area (Å²) in [4.78, 5) is 0. The van der Waals surface area contributed by atoms with Crippen molar-refractivity contribution in [3.63, 3.8) is 0 Å². The van der Waals surface area contributed by atoms with E-state index in [2.05, 4.69) is 5.32 Å². The summed E-state index contributed by atoms with van der Waals surface area (Å²) >= 11 is 0. The van der Waals surface area contributed by atoms with Crippen molar-refractivity contribution in [1.29, 1.82) is 0 Å². The number of alkyl halides is 3. The highest BCUT2D eigenvalue weighted by Crippen LogP contribution is 2.45. The molecule has 2 aromatic rings. The molecule has 0 saturated carbocycles. The summed E-state index contributed by atoms with van der Waals surface area (Å²) in [5.41, 5.74) is 5.48. The molecular weight excluding hydrogens is 324 g/mol. The van der Waals surface area contributed by atoms with Gasteiger partial charge in [-0.1, -0.05) is 17.7 Å². The van der Waals surface area contributed by atoms with E-state index in [1.165, 1.54) is 12.1 Å².